The SMILES string of the molecule is CCN(CC)CCNC(=O)c1c(C)[nH]c2c1CCCC2=C1C(=O)Nc2ccc(F)cc21.O=S(=O)(O)c1ccccc1. The van der Waals surface area contributed by atoms with Gasteiger partial charge in [-0.05, 0) is 80.7 Å². The number of nitrogens with one attached hydrogen (secondary N) is 3. The summed E-state index contributed by atoms with van der Waals surface area (Å²) in [5, 5.41) is 5.88. The fourth-order valence-corrected chi connectivity index (χ4v) is 5.80. The molecule has 2 amide bonds. The molecule has 1 aliphatic carbocycles. The number of H-pyrrole nitrogens is 1. The summed E-state index contributed by atoms with van der Waals surface area (Å²) >= 11 is 0. The van der Waals surface area contributed by atoms with Crippen molar-refractivity contribution in [1.82, 2.24) is 15.2 Å². The molecule has 0 radical (unpaired) electrons. The molecule has 3 aromatic rings. The van der Waals surface area contributed by atoms with Crippen molar-refractivity contribution < 1.29 is 27.0 Å². The Balaban J connectivity index is 0.000000328. The van der Waals surface area contributed by atoms with Crippen LogP contribution < -0.4 is 10.6 Å². The summed E-state index contributed by atoms with van der Waals surface area (Å²) in [6, 6.07) is 11.8. The summed E-state index contributed by atoms with van der Waals surface area (Å²) in [6.45, 7) is 9.40. The van der Waals surface area contributed by atoms with Crippen molar-refractivity contribution in [2.24, 2.45) is 0 Å². The molecule has 0 saturated carbocycles. The van der Waals surface area contributed by atoms with Crippen molar-refractivity contribution in [3.63, 3.8) is 0 Å². The van der Waals surface area contributed by atoms with Gasteiger partial charge in [0, 0.05) is 35.7 Å². The molecule has 1 aromatic heterocycles. The van der Waals surface area contributed by atoms with Gasteiger partial charge in [0.25, 0.3) is 21.9 Å². The average Bonchev–Trinajstić information content (AvgIpc) is 3.46. The quantitative estimate of drug-likeness (QED) is 0.237. The molecule has 218 valence electrons. The predicted molar refractivity (Wildman–Crippen MR) is 157 cm³/mol. The normalized spacial score (nSPS) is 16.0. The smallest absolute Gasteiger partial charge is 0.294 e. The van der Waals surface area contributed by atoms with Crippen LogP contribution in [0, 0.1) is 12.7 Å². The molecule has 0 bridgehead atoms. The summed E-state index contributed by atoms with van der Waals surface area (Å²) in [4.78, 5) is 31.3. The van der Waals surface area contributed by atoms with Crippen LogP contribution in [0.4, 0.5) is 10.1 Å². The molecule has 11 heteroatoms. The summed E-state index contributed by atoms with van der Waals surface area (Å²) in [5.41, 5.74) is 5.82. The number of benzene rings is 2. The Morgan fingerprint density at radius 1 is 1.10 bits per heavy atom. The summed E-state index contributed by atoms with van der Waals surface area (Å²) in [7, 11) is -4.00. The number of aryl methyl sites for hydroxylation is 1. The maximum atomic E-state index is 13.9. The maximum Gasteiger partial charge on any atom is 0.294 e. The first-order chi connectivity index (χ1) is 19.5. The second-order valence-electron chi connectivity index (χ2n) is 9.90. The van der Waals surface area contributed by atoms with E-state index in [9.17, 15) is 22.4 Å². The lowest BCUT2D eigenvalue weighted by Crippen LogP contribution is -2.35. The fraction of sp³-hybridized carbons (Fsp3) is 0.333. The zero-order valence-corrected chi connectivity index (χ0v) is 24.2. The van der Waals surface area contributed by atoms with Gasteiger partial charge in [0.1, 0.15) is 5.82 Å². The number of aromatic nitrogens is 1. The number of nitrogens with zero attached hydrogens (tertiary/aromatic N) is 1. The van der Waals surface area contributed by atoms with Crippen LogP contribution in [0.1, 0.15) is 59.6 Å². The lowest BCUT2D eigenvalue weighted by molar-refractivity contribution is -0.110. The van der Waals surface area contributed by atoms with E-state index in [-0.39, 0.29) is 22.5 Å². The summed E-state index contributed by atoms with van der Waals surface area (Å²) < 4.78 is 43.1. The number of halogens is 1. The summed E-state index contributed by atoms with van der Waals surface area (Å²) in [5.74, 6) is -0.683. The first-order valence-corrected chi connectivity index (χ1v) is 15.1. The first-order valence-electron chi connectivity index (χ1n) is 13.6. The Labute approximate surface area is 239 Å². The van der Waals surface area contributed by atoms with Gasteiger partial charge in [-0.1, -0.05) is 32.0 Å². The zero-order valence-electron chi connectivity index (χ0n) is 23.4. The van der Waals surface area contributed by atoms with Gasteiger partial charge in [0.05, 0.1) is 16.0 Å². The van der Waals surface area contributed by atoms with Crippen LogP contribution in [-0.4, -0.2) is 60.8 Å². The minimum Gasteiger partial charge on any atom is -0.358 e. The van der Waals surface area contributed by atoms with E-state index in [0.717, 1.165) is 55.0 Å². The number of hydrogen-bond acceptors (Lipinski definition) is 5. The molecule has 2 heterocycles. The molecule has 2 aliphatic rings. The molecule has 0 unspecified atom stereocenters. The minimum absolute atomic E-state index is 0.0741. The van der Waals surface area contributed by atoms with Crippen molar-refractivity contribution in [2.45, 2.75) is 44.9 Å². The largest absolute Gasteiger partial charge is 0.358 e. The van der Waals surface area contributed by atoms with Gasteiger partial charge in [-0.3, -0.25) is 14.1 Å². The molecular weight excluding hydrogens is 547 g/mol. The van der Waals surface area contributed by atoms with Crippen molar-refractivity contribution in [2.75, 3.05) is 31.5 Å². The van der Waals surface area contributed by atoms with E-state index < -0.39 is 10.1 Å². The van der Waals surface area contributed by atoms with Gasteiger partial charge < -0.3 is 20.5 Å². The lowest BCUT2D eigenvalue weighted by Gasteiger charge is -2.19. The third-order valence-corrected chi connectivity index (χ3v) is 8.22. The van der Waals surface area contributed by atoms with Crippen LogP contribution in [0.2, 0.25) is 0 Å². The Bertz CT molecular complexity index is 1580. The molecule has 4 N–H and O–H groups in total. The number of aromatic amines is 1. The van der Waals surface area contributed by atoms with E-state index in [0.29, 0.717) is 35.4 Å². The highest BCUT2D eigenvalue weighted by Gasteiger charge is 2.33. The molecule has 0 atom stereocenters. The Hall–Kier alpha value is -3.80. The molecule has 9 nitrogen and oxygen atoms in total. The second kappa shape index (κ2) is 12.8. The number of hydrogen-bond donors (Lipinski definition) is 4. The molecule has 2 aromatic carbocycles. The van der Waals surface area contributed by atoms with Crippen LogP contribution >= 0.6 is 0 Å². The van der Waals surface area contributed by atoms with E-state index in [2.05, 4.69) is 34.4 Å². The van der Waals surface area contributed by atoms with Crippen LogP contribution in [0.25, 0.3) is 11.1 Å². The van der Waals surface area contributed by atoms with E-state index in [1.807, 2.05) is 6.92 Å². The van der Waals surface area contributed by atoms with Crippen molar-refractivity contribution in [3.8, 4) is 0 Å². The van der Waals surface area contributed by atoms with Gasteiger partial charge >= 0.3 is 0 Å². The van der Waals surface area contributed by atoms with Crippen molar-refractivity contribution >= 4 is 38.8 Å². The molecule has 0 saturated heterocycles. The maximum absolute atomic E-state index is 13.9. The van der Waals surface area contributed by atoms with E-state index in [1.54, 1.807) is 24.3 Å². The number of likely N-dealkylation sites (N-methyl/N-ethyl adjacent to an activating group) is 1. The monoisotopic (exact) mass is 582 g/mol. The number of fused-ring (bicyclic) bond motifs is 2. The van der Waals surface area contributed by atoms with E-state index >= 15 is 0 Å². The number of amides is 2. The Morgan fingerprint density at radius 2 is 1.80 bits per heavy atom. The number of carbonyl (C=O) groups is 2. The van der Waals surface area contributed by atoms with Crippen molar-refractivity contribution in [1.29, 1.82) is 0 Å². The first kappa shape index (κ1) is 30.2. The highest BCUT2D eigenvalue weighted by molar-refractivity contribution is 7.85. The predicted octanol–water partition coefficient (Wildman–Crippen LogP) is 4.67. The van der Waals surface area contributed by atoms with E-state index in [4.69, 9.17) is 4.55 Å². The van der Waals surface area contributed by atoms with Crippen LogP contribution in [0.15, 0.2) is 53.4 Å². The van der Waals surface area contributed by atoms with Crippen LogP contribution in [-0.2, 0) is 21.3 Å². The average molecular weight is 583 g/mol. The van der Waals surface area contributed by atoms with E-state index in [1.165, 1.54) is 24.3 Å². The second-order valence-corrected chi connectivity index (χ2v) is 11.3. The van der Waals surface area contributed by atoms with Gasteiger partial charge in [-0.2, -0.15) is 8.42 Å². The minimum atomic E-state index is -4.00. The number of anilines is 1. The molecule has 1 aliphatic heterocycles. The Kier molecular flexibility index (Phi) is 9.42. The standard InChI is InChI=1S/C24H29FN4O2.C6H6O3S/c1-4-29(5-2)12-11-26-23(30)20-14(3)27-22-16(20)7-6-8-17(22)21-18-13-15(25)9-10-19(18)28-24(21)31;7-10(8,9)6-4-2-1-3-5-6/h9-10,13,27H,4-8,11-12H2,1-3H3,(H,26,30)(H,28,31);1-5H,(H,7,8,9). The molecule has 5 rings (SSSR count). The third kappa shape index (κ3) is 6.75. The van der Waals surface area contributed by atoms with Crippen molar-refractivity contribution in [3.05, 3.63) is 82.4 Å². The van der Waals surface area contributed by atoms with Gasteiger partial charge in [-0.25, -0.2) is 4.39 Å². The number of rotatable bonds is 7. The highest BCUT2D eigenvalue weighted by Crippen LogP contribution is 2.43. The lowest BCUT2D eigenvalue weighted by atomic mass is 9.86. The van der Waals surface area contributed by atoms with Crippen LogP contribution in [0.5, 0.6) is 0 Å². The van der Waals surface area contributed by atoms with Gasteiger partial charge in [0.15, 0.2) is 0 Å². The number of allylic oxidation sites excluding steroid dienone is 1. The fourth-order valence-electron chi connectivity index (χ4n) is 5.30. The number of carbonyl (C=O) groups excluding carboxylic acids is 2. The zero-order chi connectivity index (χ0) is 29.7. The summed E-state index contributed by atoms with van der Waals surface area (Å²) in [6.07, 6.45) is 2.31. The van der Waals surface area contributed by atoms with Crippen LogP contribution in [0.3, 0.4) is 0 Å². The molecule has 0 spiro atoms. The van der Waals surface area contributed by atoms with Gasteiger partial charge in [-0.15, -0.1) is 0 Å². The molecule has 0 fully saturated rings. The molecule has 41 heavy (non-hydrogen) atoms. The van der Waals surface area contributed by atoms with Gasteiger partial charge in [0.2, 0.25) is 0 Å². The topological polar surface area (TPSA) is 132 Å². The Morgan fingerprint density at radius 3 is 2.44 bits per heavy atom. The molecular formula is C30H35FN4O5S. The highest BCUT2D eigenvalue weighted by atomic mass is 32.2. The third-order valence-electron chi connectivity index (χ3n) is 7.35.